The lowest BCUT2D eigenvalue weighted by Crippen LogP contribution is -2.43. The van der Waals surface area contributed by atoms with Gasteiger partial charge in [-0.2, -0.15) is 4.89 Å². The summed E-state index contributed by atoms with van der Waals surface area (Å²) in [6.07, 6.45) is 1.23. The predicted octanol–water partition coefficient (Wildman–Crippen LogP) is 1.28. The molecule has 15 heavy (non-hydrogen) atoms. The Hall–Kier alpha value is -0.810. The first-order valence-corrected chi connectivity index (χ1v) is 5.28. The fourth-order valence-corrected chi connectivity index (χ4v) is 1.30. The van der Waals surface area contributed by atoms with Gasteiger partial charge in [0.15, 0.2) is 0 Å². The number of likely N-dealkylation sites (tertiary alicyclic amines) is 1. The molecule has 1 aliphatic rings. The molecule has 5 heteroatoms. The fourth-order valence-electron chi connectivity index (χ4n) is 1.30. The summed E-state index contributed by atoms with van der Waals surface area (Å²) in [6.45, 7) is 6.77. The van der Waals surface area contributed by atoms with Crippen LogP contribution in [0.4, 0.5) is 4.79 Å². The molecule has 0 unspecified atom stereocenters. The Morgan fingerprint density at radius 2 is 1.87 bits per heavy atom. The number of nitrogens with two attached hydrogens (primary N) is 1. The second-order valence-electron chi connectivity index (χ2n) is 4.87. The van der Waals surface area contributed by atoms with Crippen LogP contribution in [0.5, 0.6) is 0 Å². The number of carbonyl (C=O) groups is 1. The molecule has 5 nitrogen and oxygen atoms in total. The topological polar surface area (TPSA) is 64.8 Å². The molecule has 2 N–H and O–H groups in total. The molecule has 1 saturated heterocycles. The maximum absolute atomic E-state index is 11.5. The van der Waals surface area contributed by atoms with E-state index in [1.165, 1.54) is 0 Å². The molecule has 0 aromatic heterocycles. The summed E-state index contributed by atoms with van der Waals surface area (Å²) in [5.74, 6) is 0. The molecule has 0 aromatic carbocycles. The van der Waals surface area contributed by atoms with E-state index in [1.54, 1.807) is 4.90 Å². The number of piperidine rings is 1. The molecule has 1 aliphatic heterocycles. The van der Waals surface area contributed by atoms with E-state index in [4.69, 9.17) is 15.5 Å². The van der Waals surface area contributed by atoms with Crippen LogP contribution in [-0.2, 0) is 9.78 Å². The highest BCUT2D eigenvalue weighted by atomic mass is 17.2. The van der Waals surface area contributed by atoms with E-state index >= 15 is 0 Å². The van der Waals surface area contributed by atoms with Crippen molar-refractivity contribution in [3.63, 3.8) is 0 Å². The standard InChI is InChI=1S/C10H20N2O3/c1-10(2,3)15-14-9(13)12-6-4-8(11)5-7-12/h8H,4-7,11H2,1-3H3. The minimum Gasteiger partial charge on any atom is -0.328 e. The van der Waals surface area contributed by atoms with Gasteiger partial charge in [-0.3, -0.25) is 4.89 Å². The molecule has 0 bridgehead atoms. The molecule has 0 saturated carbocycles. The van der Waals surface area contributed by atoms with Crippen LogP contribution in [0, 0.1) is 0 Å². The van der Waals surface area contributed by atoms with Crippen LogP contribution in [0.15, 0.2) is 0 Å². The molecule has 0 atom stereocenters. The fraction of sp³-hybridized carbons (Fsp3) is 0.900. The van der Waals surface area contributed by atoms with Crippen LogP contribution in [0.25, 0.3) is 0 Å². The van der Waals surface area contributed by atoms with E-state index in [9.17, 15) is 4.79 Å². The third-order valence-electron chi connectivity index (χ3n) is 2.16. The summed E-state index contributed by atoms with van der Waals surface area (Å²) in [6, 6.07) is 0.206. The monoisotopic (exact) mass is 216 g/mol. The Morgan fingerprint density at radius 1 is 1.33 bits per heavy atom. The zero-order chi connectivity index (χ0) is 11.5. The van der Waals surface area contributed by atoms with E-state index in [2.05, 4.69) is 0 Å². The minimum atomic E-state index is -0.470. The molecule has 1 heterocycles. The van der Waals surface area contributed by atoms with Gasteiger partial charge in [0.2, 0.25) is 0 Å². The van der Waals surface area contributed by atoms with Crippen molar-refractivity contribution in [1.82, 2.24) is 4.90 Å². The van der Waals surface area contributed by atoms with Crippen molar-refractivity contribution >= 4 is 6.09 Å². The lowest BCUT2D eigenvalue weighted by atomic mass is 10.1. The largest absolute Gasteiger partial charge is 0.441 e. The summed E-state index contributed by atoms with van der Waals surface area (Å²) < 4.78 is 0. The van der Waals surface area contributed by atoms with Crippen LogP contribution < -0.4 is 5.73 Å². The van der Waals surface area contributed by atoms with Crippen LogP contribution >= 0.6 is 0 Å². The van der Waals surface area contributed by atoms with Gasteiger partial charge in [0.25, 0.3) is 0 Å². The first-order chi connectivity index (χ1) is 6.88. The number of carbonyl (C=O) groups excluding carboxylic acids is 1. The van der Waals surface area contributed by atoms with Gasteiger partial charge in [-0.25, -0.2) is 4.79 Å². The van der Waals surface area contributed by atoms with Gasteiger partial charge in [-0.1, -0.05) is 0 Å². The van der Waals surface area contributed by atoms with Crippen molar-refractivity contribution in [2.75, 3.05) is 13.1 Å². The Kier molecular flexibility index (Phi) is 3.93. The van der Waals surface area contributed by atoms with Crippen molar-refractivity contribution in [3.05, 3.63) is 0 Å². The summed E-state index contributed by atoms with van der Waals surface area (Å²) in [7, 11) is 0. The number of rotatable bonds is 1. The zero-order valence-corrected chi connectivity index (χ0v) is 9.66. The van der Waals surface area contributed by atoms with Gasteiger partial charge in [0.05, 0.1) is 0 Å². The van der Waals surface area contributed by atoms with E-state index < -0.39 is 11.7 Å². The number of hydrogen-bond acceptors (Lipinski definition) is 4. The molecule has 0 aliphatic carbocycles. The van der Waals surface area contributed by atoms with E-state index in [0.29, 0.717) is 13.1 Å². The predicted molar refractivity (Wildman–Crippen MR) is 56.1 cm³/mol. The van der Waals surface area contributed by atoms with Gasteiger partial charge in [0.1, 0.15) is 5.60 Å². The molecule has 0 spiro atoms. The minimum absolute atomic E-state index is 0.206. The van der Waals surface area contributed by atoms with Crippen molar-refractivity contribution in [2.45, 2.75) is 45.3 Å². The third kappa shape index (κ3) is 4.48. The summed E-state index contributed by atoms with van der Waals surface area (Å²) in [4.78, 5) is 22.8. The SMILES string of the molecule is CC(C)(C)OOC(=O)N1CCC(N)CC1. The molecule has 1 amide bonds. The van der Waals surface area contributed by atoms with Crippen LogP contribution in [-0.4, -0.2) is 35.7 Å². The number of hydrogen-bond donors (Lipinski definition) is 1. The number of amides is 1. The zero-order valence-electron chi connectivity index (χ0n) is 9.66. The van der Waals surface area contributed by atoms with Gasteiger partial charge in [-0.05, 0) is 33.6 Å². The molecule has 0 radical (unpaired) electrons. The van der Waals surface area contributed by atoms with E-state index in [-0.39, 0.29) is 6.04 Å². The molecule has 1 rings (SSSR count). The highest BCUT2D eigenvalue weighted by molar-refractivity contribution is 5.67. The smallest absolute Gasteiger partial charge is 0.328 e. The third-order valence-corrected chi connectivity index (χ3v) is 2.16. The summed E-state index contributed by atoms with van der Waals surface area (Å²) in [5.41, 5.74) is 5.26. The summed E-state index contributed by atoms with van der Waals surface area (Å²) >= 11 is 0. The molecular weight excluding hydrogens is 196 g/mol. The molecular formula is C10H20N2O3. The van der Waals surface area contributed by atoms with E-state index in [0.717, 1.165) is 12.8 Å². The van der Waals surface area contributed by atoms with Crippen molar-refractivity contribution in [1.29, 1.82) is 0 Å². The van der Waals surface area contributed by atoms with Gasteiger partial charge < -0.3 is 10.6 Å². The average Bonchev–Trinajstić information content (AvgIpc) is 2.14. The average molecular weight is 216 g/mol. The van der Waals surface area contributed by atoms with Crippen LogP contribution in [0.2, 0.25) is 0 Å². The van der Waals surface area contributed by atoms with Crippen LogP contribution in [0.3, 0.4) is 0 Å². The first-order valence-electron chi connectivity index (χ1n) is 5.28. The first kappa shape index (κ1) is 12.3. The Labute approximate surface area is 90.4 Å². The quantitative estimate of drug-likeness (QED) is 0.529. The summed E-state index contributed by atoms with van der Waals surface area (Å²) in [5, 5.41) is 0. The second-order valence-corrected chi connectivity index (χ2v) is 4.87. The Morgan fingerprint density at radius 3 is 2.33 bits per heavy atom. The lowest BCUT2D eigenvalue weighted by molar-refractivity contribution is -0.305. The Balaban J connectivity index is 2.29. The number of nitrogens with zero attached hydrogens (tertiary/aromatic N) is 1. The lowest BCUT2D eigenvalue weighted by Gasteiger charge is -2.29. The van der Waals surface area contributed by atoms with Gasteiger partial charge >= 0.3 is 6.09 Å². The van der Waals surface area contributed by atoms with Gasteiger partial charge in [-0.15, -0.1) is 0 Å². The maximum atomic E-state index is 11.5. The Bertz CT molecular complexity index is 217. The molecule has 88 valence electrons. The van der Waals surface area contributed by atoms with Crippen molar-refractivity contribution in [2.24, 2.45) is 5.73 Å². The van der Waals surface area contributed by atoms with Crippen molar-refractivity contribution < 1.29 is 14.6 Å². The molecule has 1 fully saturated rings. The molecule has 0 aromatic rings. The maximum Gasteiger partial charge on any atom is 0.441 e. The highest BCUT2D eigenvalue weighted by Crippen LogP contribution is 2.12. The van der Waals surface area contributed by atoms with Gasteiger partial charge in [0, 0.05) is 19.1 Å². The normalized spacial score (nSPS) is 19.1. The van der Waals surface area contributed by atoms with Crippen molar-refractivity contribution in [3.8, 4) is 0 Å². The van der Waals surface area contributed by atoms with Crippen LogP contribution in [0.1, 0.15) is 33.6 Å². The van der Waals surface area contributed by atoms with E-state index in [1.807, 2.05) is 20.8 Å². The second kappa shape index (κ2) is 4.81. The highest BCUT2D eigenvalue weighted by Gasteiger charge is 2.24.